The molecule has 1 aliphatic rings. The molecule has 0 aliphatic heterocycles. The molecule has 21 heavy (non-hydrogen) atoms. The SMILES string of the molecule is O=C(CNC(=O)c1cccc(O)c1)NC[C@@H]1CCC[C@H]1O. The lowest BCUT2D eigenvalue weighted by atomic mass is 10.1. The summed E-state index contributed by atoms with van der Waals surface area (Å²) in [5.74, 6) is -0.595. The van der Waals surface area contributed by atoms with Crippen LogP contribution < -0.4 is 10.6 Å². The van der Waals surface area contributed by atoms with Gasteiger partial charge in [0.25, 0.3) is 5.91 Å². The van der Waals surface area contributed by atoms with Crippen LogP contribution in [-0.2, 0) is 4.79 Å². The molecule has 6 heteroatoms. The standard InChI is InChI=1S/C15H20N2O4/c18-12-5-1-3-10(7-12)15(21)17-9-14(20)16-8-11-4-2-6-13(11)19/h1,3,5,7,11,13,18-19H,2,4,6,8-9H2,(H,16,20)(H,17,21)/t11-,13+/m0/s1. The van der Waals surface area contributed by atoms with Crippen molar-refractivity contribution in [3.8, 4) is 5.75 Å². The molecule has 2 atom stereocenters. The average Bonchev–Trinajstić information content (AvgIpc) is 2.88. The highest BCUT2D eigenvalue weighted by Crippen LogP contribution is 2.24. The predicted octanol–water partition coefficient (Wildman–Crippen LogP) is 0.399. The molecule has 1 aromatic carbocycles. The molecule has 0 spiro atoms. The summed E-state index contributed by atoms with van der Waals surface area (Å²) in [5.41, 5.74) is 0.300. The molecule has 1 aromatic rings. The molecular weight excluding hydrogens is 272 g/mol. The normalized spacial score (nSPS) is 21.0. The van der Waals surface area contributed by atoms with Gasteiger partial charge in [0, 0.05) is 18.0 Å². The van der Waals surface area contributed by atoms with Gasteiger partial charge < -0.3 is 20.8 Å². The summed E-state index contributed by atoms with van der Waals surface area (Å²) in [6, 6.07) is 5.92. The molecule has 1 fully saturated rings. The van der Waals surface area contributed by atoms with Crippen LogP contribution in [0.1, 0.15) is 29.6 Å². The third kappa shape index (κ3) is 4.46. The van der Waals surface area contributed by atoms with Crippen LogP contribution in [-0.4, -0.2) is 41.2 Å². The topological polar surface area (TPSA) is 98.7 Å². The van der Waals surface area contributed by atoms with Crippen LogP contribution in [0.25, 0.3) is 0 Å². The molecule has 6 nitrogen and oxygen atoms in total. The molecule has 4 N–H and O–H groups in total. The highest BCUT2D eigenvalue weighted by atomic mass is 16.3. The van der Waals surface area contributed by atoms with Crippen LogP contribution in [0.2, 0.25) is 0 Å². The fourth-order valence-electron chi connectivity index (χ4n) is 2.47. The van der Waals surface area contributed by atoms with Crippen molar-refractivity contribution in [1.29, 1.82) is 0 Å². The summed E-state index contributed by atoms with van der Waals surface area (Å²) in [7, 11) is 0. The van der Waals surface area contributed by atoms with E-state index in [9.17, 15) is 19.8 Å². The monoisotopic (exact) mass is 292 g/mol. The molecule has 0 aromatic heterocycles. The summed E-state index contributed by atoms with van der Waals surface area (Å²) >= 11 is 0. The van der Waals surface area contributed by atoms with Gasteiger partial charge in [0.15, 0.2) is 0 Å². The summed E-state index contributed by atoms with van der Waals surface area (Å²) in [5, 5.41) is 24.1. The number of rotatable bonds is 5. The van der Waals surface area contributed by atoms with Gasteiger partial charge in [-0.05, 0) is 31.0 Å². The molecule has 0 bridgehead atoms. The minimum Gasteiger partial charge on any atom is -0.508 e. The van der Waals surface area contributed by atoms with E-state index in [1.165, 1.54) is 12.1 Å². The molecule has 2 rings (SSSR count). The number of aliphatic hydroxyl groups is 1. The van der Waals surface area contributed by atoms with E-state index < -0.39 is 5.91 Å². The fourth-order valence-corrected chi connectivity index (χ4v) is 2.47. The Morgan fingerprint density at radius 1 is 1.24 bits per heavy atom. The molecule has 1 saturated carbocycles. The van der Waals surface area contributed by atoms with Crippen LogP contribution in [0.3, 0.4) is 0 Å². The zero-order chi connectivity index (χ0) is 15.2. The van der Waals surface area contributed by atoms with E-state index in [0.717, 1.165) is 19.3 Å². The van der Waals surface area contributed by atoms with Gasteiger partial charge in [0.2, 0.25) is 5.91 Å². The van der Waals surface area contributed by atoms with Crippen LogP contribution in [0.15, 0.2) is 24.3 Å². The van der Waals surface area contributed by atoms with Gasteiger partial charge in [-0.15, -0.1) is 0 Å². The first kappa shape index (κ1) is 15.3. The highest BCUT2D eigenvalue weighted by molar-refractivity contribution is 5.96. The van der Waals surface area contributed by atoms with Gasteiger partial charge in [0.1, 0.15) is 5.75 Å². The third-order valence-corrected chi connectivity index (χ3v) is 3.70. The number of amides is 2. The van der Waals surface area contributed by atoms with E-state index in [-0.39, 0.29) is 30.2 Å². The fraction of sp³-hybridized carbons (Fsp3) is 0.467. The second kappa shape index (κ2) is 7.08. The van der Waals surface area contributed by atoms with Crippen molar-refractivity contribution in [2.24, 2.45) is 5.92 Å². The second-order valence-electron chi connectivity index (χ2n) is 5.30. The van der Waals surface area contributed by atoms with Crippen LogP contribution >= 0.6 is 0 Å². The van der Waals surface area contributed by atoms with Gasteiger partial charge >= 0.3 is 0 Å². The van der Waals surface area contributed by atoms with Crippen molar-refractivity contribution in [1.82, 2.24) is 10.6 Å². The van der Waals surface area contributed by atoms with Crippen molar-refractivity contribution in [3.05, 3.63) is 29.8 Å². The van der Waals surface area contributed by atoms with Gasteiger partial charge in [-0.25, -0.2) is 0 Å². The predicted molar refractivity (Wildman–Crippen MR) is 76.8 cm³/mol. The lowest BCUT2D eigenvalue weighted by molar-refractivity contribution is -0.120. The molecule has 1 aliphatic carbocycles. The Labute approximate surface area is 123 Å². The minimum absolute atomic E-state index is 0.00215. The molecule has 0 saturated heterocycles. The number of carbonyl (C=O) groups is 2. The van der Waals surface area contributed by atoms with E-state index in [1.54, 1.807) is 12.1 Å². The number of aliphatic hydroxyl groups excluding tert-OH is 1. The summed E-state index contributed by atoms with van der Waals surface area (Å²) in [4.78, 5) is 23.4. The second-order valence-corrected chi connectivity index (χ2v) is 5.30. The Bertz CT molecular complexity index is 518. The van der Waals surface area contributed by atoms with Crippen molar-refractivity contribution >= 4 is 11.8 Å². The van der Waals surface area contributed by atoms with Crippen molar-refractivity contribution in [2.75, 3.05) is 13.1 Å². The van der Waals surface area contributed by atoms with E-state index in [1.807, 2.05) is 0 Å². The van der Waals surface area contributed by atoms with Crippen molar-refractivity contribution in [2.45, 2.75) is 25.4 Å². The molecular formula is C15H20N2O4. The molecule has 0 unspecified atom stereocenters. The van der Waals surface area contributed by atoms with Crippen molar-refractivity contribution in [3.63, 3.8) is 0 Å². The van der Waals surface area contributed by atoms with Crippen LogP contribution in [0.5, 0.6) is 5.75 Å². The molecule has 0 radical (unpaired) electrons. The third-order valence-electron chi connectivity index (χ3n) is 3.70. The first-order chi connectivity index (χ1) is 10.1. The number of hydrogen-bond acceptors (Lipinski definition) is 4. The van der Waals surface area contributed by atoms with Crippen LogP contribution in [0, 0.1) is 5.92 Å². The number of carbonyl (C=O) groups excluding carboxylic acids is 2. The number of phenolic OH excluding ortho intramolecular Hbond substituents is 1. The lowest BCUT2D eigenvalue weighted by Gasteiger charge is -2.15. The van der Waals surface area contributed by atoms with Crippen LogP contribution in [0.4, 0.5) is 0 Å². The van der Waals surface area contributed by atoms with Gasteiger partial charge in [-0.1, -0.05) is 12.5 Å². The number of nitrogens with one attached hydrogen (secondary N) is 2. The van der Waals surface area contributed by atoms with E-state index in [4.69, 9.17) is 0 Å². The zero-order valence-electron chi connectivity index (χ0n) is 11.7. The Morgan fingerprint density at radius 2 is 2.05 bits per heavy atom. The molecule has 0 heterocycles. The van der Waals surface area contributed by atoms with E-state index in [2.05, 4.69) is 10.6 Å². The maximum atomic E-state index is 11.8. The maximum absolute atomic E-state index is 11.8. The highest BCUT2D eigenvalue weighted by Gasteiger charge is 2.25. The maximum Gasteiger partial charge on any atom is 0.251 e. The first-order valence-electron chi connectivity index (χ1n) is 7.08. The number of phenols is 1. The smallest absolute Gasteiger partial charge is 0.251 e. The van der Waals surface area contributed by atoms with E-state index >= 15 is 0 Å². The van der Waals surface area contributed by atoms with Gasteiger partial charge in [0.05, 0.1) is 12.6 Å². The van der Waals surface area contributed by atoms with Crippen molar-refractivity contribution < 1.29 is 19.8 Å². The Morgan fingerprint density at radius 3 is 2.71 bits per heavy atom. The van der Waals surface area contributed by atoms with Gasteiger partial charge in [-0.2, -0.15) is 0 Å². The quantitative estimate of drug-likeness (QED) is 0.631. The number of benzene rings is 1. The Balaban J connectivity index is 1.72. The Hall–Kier alpha value is -2.08. The van der Waals surface area contributed by atoms with Gasteiger partial charge in [-0.3, -0.25) is 9.59 Å². The number of aromatic hydroxyl groups is 1. The average molecular weight is 292 g/mol. The number of hydrogen-bond donors (Lipinski definition) is 4. The molecule has 2 amide bonds. The largest absolute Gasteiger partial charge is 0.508 e. The first-order valence-corrected chi connectivity index (χ1v) is 7.08. The lowest BCUT2D eigenvalue weighted by Crippen LogP contribution is -2.39. The Kier molecular flexibility index (Phi) is 5.16. The zero-order valence-corrected chi connectivity index (χ0v) is 11.7. The summed E-state index contributed by atoms with van der Waals surface area (Å²) in [6.45, 7) is 0.305. The summed E-state index contributed by atoms with van der Waals surface area (Å²) < 4.78 is 0. The summed E-state index contributed by atoms with van der Waals surface area (Å²) in [6.07, 6.45) is 2.34. The minimum atomic E-state index is -0.415. The van der Waals surface area contributed by atoms with E-state index in [0.29, 0.717) is 12.1 Å². The molecule has 114 valence electrons.